The van der Waals surface area contributed by atoms with Crippen LogP contribution in [0.25, 0.3) is 6.08 Å². The Morgan fingerprint density at radius 1 is 1.22 bits per heavy atom. The van der Waals surface area contributed by atoms with Crippen molar-refractivity contribution in [1.82, 2.24) is 10.2 Å². The van der Waals surface area contributed by atoms with E-state index < -0.39 is 0 Å². The van der Waals surface area contributed by atoms with Gasteiger partial charge in [-0.05, 0) is 37.0 Å². The van der Waals surface area contributed by atoms with E-state index in [-0.39, 0.29) is 6.03 Å². The van der Waals surface area contributed by atoms with Crippen LogP contribution in [0.1, 0.15) is 24.8 Å². The fourth-order valence-corrected chi connectivity index (χ4v) is 2.20. The molecule has 0 aliphatic carbocycles. The highest BCUT2D eigenvalue weighted by atomic mass is 35.5. The third-order valence-electron chi connectivity index (χ3n) is 3.02. The number of carbonyl (C=O) groups is 1. The zero-order valence-electron chi connectivity index (χ0n) is 10.2. The number of hydrogen-bond donors (Lipinski definition) is 1. The van der Waals surface area contributed by atoms with E-state index in [2.05, 4.69) is 5.32 Å². The highest BCUT2D eigenvalue weighted by molar-refractivity contribution is 6.32. The molecule has 1 aliphatic rings. The number of nitrogens with zero attached hydrogens (tertiary/aromatic N) is 1. The van der Waals surface area contributed by atoms with E-state index in [1.54, 1.807) is 6.20 Å². The molecular formula is C14H17ClN2O. The summed E-state index contributed by atoms with van der Waals surface area (Å²) in [6.07, 6.45) is 6.88. The predicted molar refractivity (Wildman–Crippen MR) is 74.4 cm³/mol. The number of nitrogens with one attached hydrogen (secondary N) is 1. The second kappa shape index (κ2) is 6.45. The van der Waals surface area contributed by atoms with Crippen molar-refractivity contribution in [2.24, 2.45) is 0 Å². The fourth-order valence-electron chi connectivity index (χ4n) is 2.00. The van der Waals surface area contributed by atoms with Crippen LogP contribution in [0, 0.1) is 0 Å². The molecule has 3 nitrogen and oxygen atoms in total. The summed E-state index contributed by atoms with van der Waals surface area (Å²) < 4.78 is 0. The minimum atomic E-state index is -0.0296. The summed E-state index contributed by atoms with van der Waals surface area (Å²) in [6.45, 7) is 1.71. The lowest BCUT2D eigenvalue weighted by atomic mass is 10.1. The van der Waals surface area contributed by atoms with E-state index in [0.29, 0.717) is 5.02 Å². The maximum absolute atomic E-state index is 11.8. The average molecular weight is 265 g/mol. The second-order valence-corrected chi connectivity index (χ2v) is 4.76. The Bertz CT molecular complexity index is 439. The molecule has 4 heteroatoms. The number of rotatable bonds is 2. The van der Waals surface area contributed by atoms with Gasteiger partial charge in [-0.3, -0.25) is 0 Å². The molecule has 0 spiro atoms. The Balaban J connectivity index is 1.87. The second-order valence-electron chi connectivity index (χ2n) is 4.35. The zero-order valence-corrected chi connectivity index (χ0v) is 11.0. The van der Waals surface area contributed by atoms with Crippen LogP contribution < -0.4 is 5.32 Å². The highest BCUT2D eigenvalue weighted by Crippen LogP contribution is 2.15. The maximum Gasteiger partial charge on any atom is 0.321 e. The number of piperidine rings is 1. The summed E-state index contributed by atoms with van der Waals surface area (Å²) in [5.41, 5.74) is 0.901. The summed E-state index contributed by atoms with van der Waals surface area (Å²) in [6, 6.07) is 7.50. The number of likely N-dealkylation sites (tertiary alicyclic amines) is 1. The van der Waals surface area contributed by atoms with Crippen LogP contribution in [0.4, 0.5) is 4.79 Å². The lowest BCUT2D eigenvalue weighted by molar-refractivity contribution is 0.190. The largest absolute Gasteiger partial charge is 0.325 e. The third-order valence-corrected chi connectivity index (χ3v) is 3.36. The summed E-state index contributed by atoms with van der Waals surface area (Å²) in [5, 5.41) is 3.46. The summed E-state index contributed by atoms with van der Waals surface area (Å²) >= 11 is 6.01. The van der Waals surface area contributed by atoms with E-state index in [1.807, 2.05) is 35.2 Å². The Morgan fingerprint density at radius 2 is 1.94 bits per heavy atom. The molecule has 0 unspecified atom stereocenters. The highest BCUT2D eigenvalue weighted by Gasteiger charge is 2.14. The first-order valence-electron chi connectivity index (χ1n) is 6.24. The molecule has 0 atom stereocenters. The van der Waals surface area contributed by atoms with Crippen LogP contribution in [-0.2, 0) is 0 Å². The minimum absolute atomic E-state index is 0.0296. The van der Waals surface area contributed by atoms with Crippen molar-refractivity contribution in [3.05, 3.63) is 41.1 Å². The van der Waals surface area contributed by atoms with Crippen molar-refractivity contribution >= 4 is 23.7 Å². The van der Waals surface area contributed by atoms with Crippen LogP contribution in [0.3, 0.4) is 0 Å². The number of hydrogen-bond acceptors (Lipinski definition) is 1. The van der Waals surface area contributed by atoms with E-state index in [1.165, 1.54) is 6.42 Å². The van der Waals surface area contributed by atoms with Crippen LogP contribution in [-0.4, -0.2) is 24.0 Å². The molecule has 0 saturated carbocycles. The van der Waals surface area contributed by atoms with Gasteiger partial charge < -0.3 is 10.2 Å². The number of benzene rings is 1. The standard InChI is InChI=1S/C14H17ClN2O/c15-13-7-3-2-6-12(13)8-9-16-14(18)17-10-4-1-5-11-17/h2-3,6-9H,1,4-5,10-11H2,(H,16,18)/b9-8+. The predicted octanol–water partition coefficient (Wildman–Crippen LogP) is 3.51. The monoisotopic (exact) mass is 264 g/mol. The van der Waals surface area contributed by atoms with Gasteiger partial charge in [0.1, 0.15) is 0 Å². The third kappa shape index (κ3) is 3.50. The van der Waals surface area contributed by atoms with Crippen molar-refractivity contribution in [2.75, 3.05) is 13.1 Å². The Morgan fingerprint density at radius 3 is 2.67 bits per heavy atom. The van der Waals surface area contributed by atoms with Crippen LogP contribution in [0.2, 0.25) is 5.02 Å². The first-order chi connectivity index (χ1) is 8.77. The Labute approximate surface area is 112 Å². The quantitative estimate of drug-likeness (QED) is 0.871. The fraction of sp³-hybridized carbons (Fsp3) is 0.357. The topological polar surface area (TPSA) is 32.3 Å². The SMILES string of the molecule is O=C(N/C=C/c1ccccc1Cl)N1CCCCC1. The van der Waals surface area contributed by atoms with Gasteiger partial charge in [-0.1, -0.05) is 29.8 Å². The van der Waals surface area contributed by atoms with Gasteiger partial charge in [0.25, 0.3) is 0 Å². The molecule has 1 aromatic carbocycles. The lowest BCUT2D eigenvalue weighted by Gasteiger charge is -2.26. The van der Waals surface area contributed by atoms with Gasteiger partial charge in [-0.2, -0.15) is 0 Å². The van der Waals surface area contributed by atoms with E-state index >= 15 is 0 Å². The van der Waals surface area contributed by atoms with Gasteiger partial charge in [0, 0.05) is 24.3 Å². The van der Waals surface area contributed by atoms with Crippen molar-refractivity contribution in [1.29, 1.82) is 0 Å². The van der Waals surface area contributed by atoms with Crippen LogP contribution in [0.5, 0.6) is 0 Å². The maximum atomic E-state index is 11.8. The summed E-state index contributed by atoms with van der Waals surface area (Å²) in [7, 11) is 0. The van der Waals surface area contributed by atoms with E-state index in [9.17, 15) is 4.79 Å². The Hall–Kier alpha value is -1.48. The molecule has 1 N–H and O–H groups in total. The number of halogens is 1. The number of urea groups is 1. The number of carbonyl (C=O) groups excluding carboxylic acids is 1. The van der Waals surface area contributed by atoms with Gasteiger partial charge >= 0.3 is 6.03 Å². The zero-order chi connectivity index (χ0) is 12.8. The van der Waals surface area contributed by atoms with Gasteiger partial charge in [0.15, 0.2) is 0 Å². The minimum Gasteiger partial charge on any atom is -0.325 e. The molecular weight excluding hydrogens is 248 g/mol. The molecule has 2 amide bonds. The Kier molecular flexibility index (Phi) is 4.65. The van der Waals surface area contributed by atoms with Gasteiger partial charge in [0.05, 0.1) is 0 Å². The van der Waals surface area contributed by atoms with Crippen LogP contribution in [0.15, 0.2) is 30.5 Å². The van der Waals surface area contributed by atoms with Crippen molar-refractivity contribution in [3.63, 3.8) is 0 Å². The average Bonchev–Trinajstić information content (AvgIpc) is 2.42. The van der Waals surface area contributed by atoms with Gasteiger partial charge in [0.2, 0.25) is 0 Å². The molecule has 0 bridgehead atoms. The number of amides is 2. The lowest BCUT2D eigenvalue weighted by Crippen LogP contribution is -2.40. The molecule has 2 rings (SSSR count). The van der Waals surface area contributed by atoms with E-state index in [4.69, 9.17) is 11.6 Å². The van der Waals surface area contributed by atoms with Crippen molar-refractivity contribution in [3.8, 4) is 0 Å². The molecule has 1 aliphatic heterocycles. The summed E-state index contributed by atoms with van der Waals surface area (Å²) in [4.78, 5) is 13.7. The molecule has 1 aromatic rings. The van der Waals surface area contributed by atoms with E-state index in [0.717, 1.165) is 31.5 Å². The van der Waals surface area contributed by atoms with Gasteiger partial charge in [-0.15, -0.1) is 0 Å². The molecule has 1 fully saturated rings. The van der Waals surface area contributed by atoms with Crippen LogP contribution >= 0.6 is 11.6 Å². The molecule has 0 radical (unpaired) electrons. The first-order valence-corrected chi connectivity index (χ1v) is 6.62. The molecule has 1 saturated heterocycles. The normalized spacial score (nSPS) is 15.9. The van der Waals surface area contributed by atoms with Gasteiger partial charge in [-0.25, -0.2) is 4.79 Å². The van der Waals surface area contributed by atoms with Crippen molar-refractivity contribution in [2.45, 2.75) is 19.3 Å². The molecule has 18 heavy (non-hydrogen) atoms. The molecule has 96 valence electrons. The summed E-state index contributed by atoms with van der Waals surface area (Å²) in [5.74, 6) is 0. The first kappa shape index (κ1) is 13.0. The van der Waals surface area contributed by atoms with Crippen molar-refractivity contribution < 1.29 is 4.79 Å². The molecule has 1 heterocycles. The molecule has 0 aromatic heterocycles. The smallest absolute Gasteiger partial charge is 0.321 e.